The van der Waals surface area contributed by atoms with Gasteiger partial charge in [0.25, 0.3) is 0 Å². The van der Waals surface area contributed by atoms with E-state index in [4.69, 9.17) is 1.37 Å². The lowest BCUT2D eigenvalue weighted by Gasteiger charge is -2.10. The molecule has 88 valence electrons. The van der Waals surface area contributed by atoms with Gasteiger partial charge in [0.1, 0.15) is 0 Å². The van der Waals surface area contributed by atoms with Gasteiger partial charge in [0.15, 0.2) is 0 Å². The Balaban J connectivity index is 2.87. The largest absolute Gasteiger partial charge is 0.389 e. The second-order valence-corrected chi connectivity index (χ2v) is 4.15. The normalized spacial score (nSPS) is 15.3. The topological polar surface area (TPSA) is 20.2 Å². The molecule has 0 saturated carbocycles. The van der Waals surface area contributed by atoms with Crippen LogP contribution in [0.25, 0.3) is 6.05 Å². The molecule has 0 aromatic heterocycles. The maximum atomic E-state index is 9.77. The Bertz CT molecular complexity index is 354. The van der Waals surface area contributed by atoms with Crippen molar-refractivity contribution in [2.24, 2.45) is 0 Å². The van der Waals surface area contributed by atoms with Crippen molar-refractivity contribution in [3.05, 3.63) is 41.5 Å². The molecule has 0 saturated heterocycles. The predicted molar refractivity (Wildman–Crippen MR) is 70.2 cm³/mol. The maximum Gasteiger partial charge on any atom is 0.0725 e. The Hall–Kier alpha value is -1.08. The molecule has 1 aromatic carbocycles. The number of aliphatic hydroxyl groups is 1. The van der Waals surface area contributed by atoms with Crippen LogP contribution in [0.4, 0.5) is 0 Å². The van der Waals surface area contributed by atoms with E-state index in [1.807, 2.05) is 30.3 Å². The highest BCUT2D eigenvalue weighted by Crippen LogP contribution is 2.16. The first-order chi connectivity index (χ1) is 8.16. The van der Waals surface area contributed by atoms with E-state index in [0.29, 0.717) is 6.05 Å². The van der Waals surface area contributed by atoms with Crippen LogP contribution in [-0.2, 0) is 0 Å². The summed E-state index contributed by atoms with van der Waals surface area (Å²) in [7, 11) is 0. The summed E-state index contributed by atoms with van der Waals surface area (Å²) in [5, 5.41) is 9.77. The van der Waals surface area contributed by atoms with Gasteiger partial charge < -0.3 is 5.11 Å². The van der Waals surface area contributed by atoms with Crippen LogP contribution in [0.15, 0.2) is 35.9 Å². The first-order valence-electron chi connectivity index (χ1n) is 6.60. The predicted octanol–water partition coefficient (Wildman–Crippen LogP) is 4.03. The average Bonchev–Trinajstić information content (AvgIpc) is 2.34. The summed E-state index contributed by atoms with van der Waals surface area (Å²) in [4.78, 5) is 0. The molecule has 1 nitrogen and oxygen atoms in total. The highest BCUT2D eigenvalue weighted by atomic mass is 16.3. The SMILES string of the molecule is [2H]/C(=C(/CCCCC)C(C)O)c1ccccc1. The van der Waals surface area contributed by atoms with Gasteiger partial charge in [-0.3, -0.25) is 0 Å². The molecule has 1 aromatic rings. The van der Waals surface area contributed by atoms with Gasteiger partial charge in [-0.25, -0.2) is 0 Å². The van der Waals surface area contributed by atoms with Crippen LogP contribution in [-0.4, -0.2) is 11.2 Å². The second-order valence-electron chi connectivity index (χ2n) is 4.15. The van der Waals surface area contributed by atoms with Gasteiger partial charge in [0.2, 0.25) is 0 Å². The molecule has 0 radical (unpaired) electrons. The van der Waals surface area contributed by atoms with E-state index in [0.717, 1.165) is 36.8 Å². The van der Waals surface area contributed by atoms with E-state index in [9.17, 15) is 5.11 Å². The Kier molecular flexibility index (Phi) is 5.16. The first kappa shape index (κ1) is 11.4. The van der Waals surface area contributed by atoms with Gasteiger partial charge in [-0.1, -0.05) is 56.1 Å². The molecule has 1 heteroatoms. The van der Waals surface area contributed by atoms with Crippen molar-refractivity contribution in [2.75, 3.05) is 0 Å². The number of rotatable bonds is 6. The van der Waals surface area contributed by atoms with Crippen LogP contribution >= 0.6 is 0 Å². The molecule has 1 unspecified atom stereocenters. The highest BCUT2D eigenvalue weighted by Gasteiger charge is 2.04. The van der Waals surface area contributed by atoms with Crippen molar-refractivity contribution in [1.29, 1.82) is 0 Å². The molecular weight excluding hydrogens is 196 g/mol. The van der Waals surface area contributed by atoms with Gasteiger partial charge in [0.05, 0.1) is 7.47 Å². The molecule has 0 amide bonds. The number of hydrogen-bond donors (Lipinski definition) is 1. The lowest BCUT2D eigenvalue weighted by atomic mass is 10.0. The third-order valence-electron chi connectivity index (χ3n) is 2.63. The zero-order valence-corrected chi connectivity index (χ0v) is 10.2. The quantitative estimate of drug-likeness (QED) is 0.716. The number of hydrogen-bond acceptors (Lipinski definition) is 1. The van der Waals surface area contributed by atoms with Gasteiger partial charge in [0, 0.05) is 0 Å². The fourth-order valence-corrected chi connectivity index (χ4v) is 1.65. The lowest BCUT2D eigenvalue weighted by Crippen LogP contribution is -2.04. The van der Waals surface area contributed by atoms with Crippen LogP contribution in [0.1, 0.15) is 46.5 Å². The second kappa shape index (κ2) is 7.24. The Morgan fingerprint density at radius 2 is 2.06 bits per heavy atom. The van der Waals surface area contributed by atoms with E-state index < -0.39 is 6.10 Å². The summed E-state index contributed by atoms with van der Waals surface area (Å²) in [5.41, 5.74) is 1.74. The minimum atomic E-state index is -0.528. The van der Waals surface area contributed by atoms with E-state index in [1.165, 1.54) is 0 Å². The van der Waals surface area contributed by atoms with Crippen LogP contribution in [0.3, 0.4) is 0 Å². The van der Waals surface area contributed by atoms with E-state index in [-0.39, 0.29) is 0 Å². The van der Waals surface area contributed by atoms with E-state index in [1.54, 1.807) is 6.92 Å². The molecule has 0 heterocycles. The Morgan fingerprint density at radius 3 is 2.62 bits per heavy atom. The van der Waals surface area contributed by atoms with Crippen molar-refractivity contribution in [1.82, 2.24) is 0 Å². The molecule has 0 fully saturated rings. The third kappa shape index (κ3) is 4.63. The summed E-state index contributed by atoms with van der Waals surface area (Å²) in [6.07, 6.45) is 3.65. The van der Waals surface area contributed by atoms with Gasteiger partial charge in [-0.2, -0.15) is 0 Å². The molecule has 1 rings (SSSR count). The van der Waals surface area contributed by atoms with Crippen LogP contribution in [0.2, 0.25) is 0 Å². The Morgan fingerprint density at radius 1 is 1.38 bits per heavy atom. The zero-order valence-electron chi connectivity index (χ0n) is 11.2. The van der Waals surface area contributed by atoms with Gasteiger partial charge in [-0.15, -0.1) is 0 Å². The lowest BCUT2D eigenvalue weighted by molar-refractivity contribution is 0.227. The van der Waals surface area contributed by atoms with Crippen molar-refractivity contribution in [3.63, 3.8) is 0 Å². The van der Waals surface area contributed by atoms with Gasteiger partial charge >= 0.3 is 0 Å². The highest BCUT2D eigenvalue weighted by molar-refractivity contribution is 5.53. The summed E-state index contributed by atoms with van der Waals surface area (Å²) < 4.78 is 8.16. The number of benzene rings is 1. The molecule has 0 aliphatic heterocycles. The number of unbranched alkanes of at least 4 members (excludes halogenated alkanes) is 2. The molecule has 0 bridgehead atoms. The smallest absolute Gasteiger partial charge is 0.0725 e. The van der Waals surface area contributed by atoms with Crippen molar-refractivity contribution in [3.8, 4) is 0 Å². The molecular formula is C15H22O. The minimum absolute atomic E-state index is 0.483. The molecule has 1 N–H and O–H groups in total. The van der Waals surface area contributed by atoms with Crippen molar-refractivity contribution >= 4 is 6.05 Å². The molecule has 0 aliphatic rings. The molecule has 0 spiro atoms. The molecule has 16 heavy (non-hydrogen) atoms. The molecule has 1 atom stereocenters. The number of aliphatic hydroxyl groups excluding tert-OH is 1. The standard InChI is InChI=1S/C15H22O/c1-3-4-6-11-15(13(2)16)12-14-9-7-5-8-10-14/h5,7-10,12-13,16H,3-4,6,11H2,1-2H3/b15-12+/i12D. The van der Waals surface area contributed by atoms with E-state index in [2.05, 4.69) is 6.92 Å². The van der Waals surface area contributed by atoms with Gasteiger partial charge in [-0.05, 0) is 30.9 Å². The average molecular weight is 219 g/mol. The van der Waals surface area contributed by atoms with Crippen molar-refractivity contribution in [2.45, 2.75) is 45.6 Å². The van der Waals surface area contributed by atoms with Crippen LogP contribution in [0, 0.1) is 0 Å². The van der Waals surface area contributed by atoms with Crippen LogP contribution < -0.4 is 0 Å². The third-order valence-corrected chi connectivity index (χ3v) is 2.63. The minimum Gasteiger partial charge on any atom is -0.389 e. The Labute approximate surface area is 100 Å². The zero-order chi connectivity index (χ0) is 12.7. The fourth-order valence-electron chi connectivity index (χ4n) is 1.65. The summed E-state index contributed by atoms with van der Waals surface area (Å²) >= 11 is 0. The van der Waals surface area contributed by atoms with Crippen molar-refractivity contribution < 1.29 is 6.48 Å². The monoisotopic (exact) mass is 219 g/mol. The summed E-state index contributed by atoms with van der Waals surface area (Å²) in [6.45, 7) is 3.91. The molecule has 0 aliphatic carbocycles. The fraction of sp³-hybridized carbons (Fsp3) is 0.467. The maximum absolute atomic E-state index is 9.77. The summed E-state index contributed by atoms with van der Waals surface area (Å²) in [5.74, 6) is 0. The summed E-state index contributed by atoms with van der Waals surface area (Å²) in [6, 6.07) is 10.1. The van der Waals surface area contributed by atoms with Crippen LogP contribution in [0.5, 0.6) is 0 Å². The van der Waals surface area contributed by atoms with E-state index >= 15 is 0 Å². The first-order valence-corrected chi connectivity index (χ1v) is 6.10.